The van der Waals surface area contributed by atoms with E-state index in [0.717, 1.165) is 50.8 Å². The summed E-state index contributed by atoms with van der Waals surface area (Å²) in [5.41, 5.74) is 0.926. The Labute approximate surface area is 104 Å². The van der Waals surface area contributed by atoms with Crippen molar-refractivity contribution >= 4 is 5.97 Å². The van der Waals surface area contributed by atoms with Gasteiger partial charge in [-0.1, -0.05) is 19.4 Å². The molecule has 0 unspecified atom stereocenters. The van der Waals surface area contributed by atoms with Crippen LogP contribution >= 0.6 is 0 Å². The van der Waals surface area contributed by atoms with Crippen LogP contribution in [0.3, 0.4) is 0 Å². The van der Waals surface area contributed by atoms with Gasteiger partial charge in [0.2, 0.25) is 0 Å². The number of rotatable bonds is 5. The number of carboxylic acid groups (broad SMARTS) is 1. The van der Waals surface area contributed by atoms with Crippen molar-refractivity contribution in [3.63, 3.8) is 0 Å². The van der Waals surface area contributed by atoms with Crippen molar-refractivity contribution in [1.82, 2.24) is 9.80 Å². The molecule has 0 aromatic rings. The molecule has 1 aliphatic heterocycles. The molecule has 0 atom stereocenters. The molecule has 1 saturated heterocycles. The maximum atomic E-state index is 10.5. The van der Waals surface area contributed by atoms with Crippen molar-refractivity contribution in [3.05, 3.63) is 11.6 Å². The Hall–Kier alpha value is -0.870. The number of hydrogen-bond donors (Lipinski definition) is 1. The molecule has 4 nitrogen and oxygen atoms in total. The average molecular weight is 240 g/mol. The number of carboxylic acids is 1. The van der Waals surface area contributed by atoms with Crippen molar-refractivity contribution < 1.29 is 9.90 Å². The van der Waals surface area contributed by atoms with Crippen molar-refractivity contribution in [3.8, 4) is 0 Å². The van der Waals surface area contributed by atoms with Crippen LogP contribution < -0.4 is 0 Å². The molecule has 98 valence electrons. The highest BCUT2D eigenvalue weighted by atomic mass is 16.4. The van der Waals surface area contributed by atoms with Gasteiger partial charge >= 0.3 is 5.97 Å². The second-order valence-corrected chi connectivity index (χ2v) is 5.30. The van der Waals surface area contributed by atoms with Crippen LogP contribution in [0, 0.1) is 5.92 Å². The molecule has 0 amide bonds. The summed E-state index contributed by atoms with van der Waals surface area (Å²) in [4.78, 5) is 15.3. The standard InChI is InChI=1S/C13H24N2O2/c1-11(2)9-14-4-6-15(7-5-14)10-12(3)8-13(16)17/h8,11H,4-7,9-10H2,1-3H3,(H,16,17). The van der Waals surface area contributed by atoms with Gasteiger partial charge in [-0.3, -0.25) is 4.90 Å². The lowest BCUT2D eigenvalue weighted by atomic mass is 10.2. The fraction of sp³-hybridized carbons (Fsp3) is 0.769. The Morgan fingerprint density at radius 2 is 1.76 bits per heavy atom. The maximum Gasteiger partial charge on any atom is 0.328 e. The van der Waals surface area contributed by atoms with Crippen molar-refractivity contribution in [2.24, 2.45) is 5.92 Å². The first kappa shape index (κ1) is 14.2. The fourth-order valence-corrected chi connectivity index (χ4v) is 2.26. The van der Waals surface area contributed by atoms with E-state index < -0.39 is 5.97 Å². The van der Waals surface area contributed by atoms with Gasteiger partial charge in [-0.2, -0.15) is 0 Å². The van der Waals surface area contributed by atoms with Crippen LogP contribution in [0.15, 0.2) is 11.6 Å². The fourth-order valence-electron chi connectivity index (χ4n) is 2.26. The minimum absolute atomic E-state index is 0.718. The Bertz CT molecular complexity index is 279. The van der Waals surface area contributed by atoms with Crippen molar-refractivity contribution in [2.45, 2.75) is 20.8 Å². The molecule has 0 aromatic carbocycles. The molecule has 1 fully saturated rings. The predicted octanol–water partition coefficient (Wildman–Crippen LogP) is 1.29. The SMILES string of the molecule is CC(=CC(=O)O)CN1CCN(CC(C)C)CC1. The molecule has 0 radical (unpaired) electrons. The molecule has 0 aromatic heterocycles. The topological polar surface area (TPSA) is 43.8 Å². The van der Waals surface area contributed by atoms with Gasteiger partial charge in [-0.15, -0.1) is 0 Å². The van der Waals surface area contributed by atoms with E-state index in [2.05, 4.69) is 23.6 Å². The third kappa shape index (κ3) is 5.84. The quantitative estimate of drug-likeness (QED) is 0.735. The Morgan fingerprint density at radius 1 is 1.24 bits per heavy atom. The molecule has 1 rings (SSSR count). The zero-order valence-corrected chi connectivity index (χ0v) is 11.1. The lowest BCUT2D eigenvalue weighted by Gasteiger charge is -2.35. The highest BCUT2D eigenvalue weighted by Gasteiger charge is 2.17. The van der Waals surface area contributed by atoms with Crippen LogP contribution in [-0.2, 0) is 4.79 Å². The first-order chi connectivity index (χ1) is 7.97. The maximum absolute atomic E-state index is 10.5. The number of carbonyl (C=O) groups is 1. The van der Waals surface area contributed by atoms with E-state index in [1.807, 2.05) is 6.92 Å². The van der Waals surface area contributed by atoms with Gasteiger partial charge in [-0.25, -0.2) is 4.79 Å². The molecule has 0 spiro atoms. The van der Waals surface area contributed by atoms with E-state index in [1.165, 1.54) is 6.08 Å². The highest BCUT2D eigenvalue weighted by Crippen LogP contribution is 2.07. The smallest absolute Gasteiger partial charge is 0.328 e. The largest absolute Gasteiger partial charge is 0.478 e. The first-order valence-corrected chi connectivity index (χ1v) is 6.32. The minimum Gasteiger partial charge on any atom is -0.478 e. The molecule has 0 bridgehead atoms. The second-order valence-electron chi connectivity index (χ2n) is 5.30. The van der Waals surface area contributed by atoms with Gasteiger partial charge in [0.25, 0.3) is 0 Å². The summed E-state index contributed by atoms with van der Waals surface area (Å²) in [6.07, 6.45) is 1.31. The molecule has 0 aliphatic carbocycles. The highest BCUT2D eigenvalue weighted by molar-refractivity contribution is 5.80. The molecule has 1 heterocycles. The van der Waals surface area contributed by atoms with Gasteiger partial charge in [-0.05, 0) is 12.8 Å². The molecule has 1 N–H and O–H groups in total. The van der Waals surface area contributed by atoms with Gasteiger partial charge < -0.3 is 10.0 Å². The Morgan fingerprint density at radius 3 is 2.24 bits per heavy atom. The van der Waals surface area contributed by atoms with Crippen LogP contribution in [0.25, 0.3) is 0 Å². The monoisotopic (exact) mass is 240 g/mol. The number of aliphatic carboxylic acids is 1. The summed E-state index contributed by atoms with van der Waals surface area (Å²) >= 11 is 0. The molecular formula is C13H24N2O2. The number of hydrogen-bond acceptors (Lipinski definition) is 3. The van der Waals surface area contributed by atoms with E-state index in [0.29, 0.717) is 0 Å². The van der Waals surface area contributed by atoms with Crippen LogP contribution in [0.4, 0.5) is 0 Å². The van der Waals surface area contributed by atoms with E-state index in [9.17, 15) is 4.79 Å². The third-order valence-corrected chi connectivity index (χ3v) is 2.93. The van der Waals surface area contributed by atoms with Gasteiger partial charge in [0.1, 0.15) is 0 Å². The van der Waals surface area contributed by atoms with E-state index >= 15 is 0 Å². The lowest BCUT2D eigenvalue weighted by Crippen LogP contribution is -2.47. The normalized spacial score (nSPS) is 19.9. The van der Waals surface area contributed by atoms with Crippen molar-refractivity contribution in [2.75, 3.05) is 39.3 Å². The molecule has 17 heavy (non-hydrogen) atoms. The van der Waals surface area contributed by atoms with Crippen LogP contribution in [0.2, 0.25) is 0 Å². The first-order valence-electron chi connectivity index (χ1n) is 6.32. The predicted molar refractivity (Wildman–Crippen MR) is 69.1 cm³/mol. The third-order valence-electron chi connectivity index (χ3n) is 2.93. The lowest BCUT2D eigenvalue weighted by molar-refractivity contribution is -0.131. The second kappa shape index (κ2) is 6.77. The number of piperazine rings is 1. The zero-order chi connectivity index (χ0) is 12.8. The van der Waals surface area contributed by atoms with Crippen LogP contribution in [0.1, 0.15) is 20.8 Å². The Kier molecular flexibility index (Phi) is 5.65. The van der Waals surface area contributed by atoms with E-state index in [-0.39, 0.29) is 0 Å². The zero-order valence-electron chi connectivity index (χ0n) is 11.1. The van der Waals surface area contributed by atoms with E-state index in [4.69, 9.17) is 5.11 Å². The molecule has 0 saturated carbocycles. The van der Waals surface area contributed by atoms with Gasteiger partial charge in [0, 0.05) is 45.3 Å². The Balaban J connectivity index is 2.30. The van der Waals surface area contributed by atoms with Crippen molar-refractivity contribution in [1.29, 1.82) is 0 Å². The summed E-state index contributed by atoms with van der Waals surface area (Å²) in [6.45, 7) is 12.6. The summed E-state index contributed by atoms with van der Waals surface area (Å²) in [5, 5.41) is 8.65. The average Bonchev–Trinajstić information content (AvgIpc) is 2.18. The van der Waals surface area contributed by atoms with Gasteiger partial charge in [0.15, 0.2) is 0 Å². The van der Waals surface area contributed by atoms with Crippen LogP contribution in [0.5, 0.6) is 0 Å². The molecule has 4 heteroatoms. The summed E-state index contributed by atoms with van der Waals surface area (Å²) in [7, 11) is 0. The summed E-state index contributed by atoms with van der Waals surface area (Å²) in [5.74, 6) is -0.129. The summed E-state index contributed by atoms with van der Waals surface area (Å²) in [6, 6.07) is 0. The minimum atomic E-state index is -0.846. The molecule has 1 aliphatic rings. The van der Waals surface area contributed by atoms with E-state index in [1.54, 1.807) is 0 Å². The van der Waals surface area contributed by atoms with Crippen LogP contribution in [-0.4, -0.2) is 60.1 Å². The summed E-state index contributed by atoms with van der Waals surface area (Å²) < 4.78 is 0. The number of nitrogens with zero attached hydrogens (tertiary/aromatic N) is 2. The molecular weight excluding hydrogens is 216 g/mol. The van der Waals surface area contributed by atoms with Gasteiger partial charge in [0.05, 0.1) is 0 Å².